The van der Waals surface area contributed by atoms with Gasteiger partial charge in [0, 0.05) is 11.6 Å². The molecule has 5 nitrogen and oxygen atoms in total. The van der Waals surface area contributed by atoms with Crippen LogP contribution in [-0.2, 0) is 22.5 Å². The lowest BCUT2D eigenvalue weighted by molar-refractivity contribution is -0.107. The molecule has 0 radical (unpaired) electrons. The molecule has 0 N–H and O–H groups in total. The highest BCUT2D eigenvalue weighted by Crippen LogP contribution is 2.48. The molecule has 0 spiro atoms. The van der Waals surface area contributed by atoms with Gasteiger partial charge in [-0.25, -0.2) is 0 Å². The minimum Gasteiger partial charge on any atom is -0.496 e. The lowest BCUT2D eigenvalue weighted by atomic mass is 9.85. The summed E-state index contributed by atoms with van der Waals surface area (Å²) >= 11 is 7.67. The van der Waals surface area contributed by atoms with Crippen LogP contribution in [0.1, 0.15) is 67.9 Å². The molecule has 2 aliphatic rings. The van der Waals surface area contributed by atoms with Crippen molar-refractivity contribution in [2.24, 2.45) is 10.9 Å². The maximum Gasteiger partial charge on any atom is 0.283 e. The van der Waals surface area contributed by atoms with Crippen LogP contribution in [0.4, 0.5) is 0 Å². The number of hydrogen-bond donors (Lipinski definition) is 0. The van der Waals surface area contributed by atoms with Gasteiger partial charge in [-0.2, -0.15) is 4.99 Å². The van der Waals surface area contributed by atoms with Crippen LogP contribution >= 0.6 is 22.9 Å². The molecule has 1 aromatic heterocycles. The lowest BCUT2D eigenvalue weighted by Crippen LogP contribution is -2.32. The van der Waals surface area contributed by atoms with Gasteiger partial charge in [0.1, 0.15) is 11.4 Å². The molecule has 29 heavy (non-hydrogen) atoms. The number of nitrogens with zero attached hydrogens (tertiary/aromatic N) is 2. The molecule has 1 amide bonds. The van der Waals surface area contributed by atoms with E-state index >= 15 is 0 Å². The van der Waals surface area contributed by atoms with Crippen LogP contribution in [0.15, 0.2) is 23.2 Å². The van der Waals surface area contributed by atoms with E-state index < -0.39 is 11.2 Å². The fourth-order valence-corrected chi connectivity index (χ4v) is 5.83. The monoisotopic (exact) mass is 434 g/mol. The standard InChI is InChI=1S/C22H27ClN2O3S/c1-21(2)17-18(22(3,4)28-21)29-20(25(17)12-13-7-6-8-13)24-19(26)15-11-14(23)9-10-16(15)27-5/h9-11,13H,6-8,12H2,1-5H3. The molecule has 1 saturated carbocycles. The van der Waals surface area contributed by atoms with Crippen molar-refractivity contribution < 1.29 is 14.3 Å². The summed E-state index contributed by atoms with van der Waals surface area (Å²) in [6, 6.07) is 5.01. The summed E-state index contributed by atoms with van der Waals surface area (Å²) in [6.45, 7) is 9.21. The molecule has 1 aromatic carbocycles. The fourth-order valence-electron chi connectivity index (χ4n) is 4.33. The zero-order valence-corrected chi connectivity index (χ0v) is 19.1. The van der Waals surface area contributed by atoms with Crippen LogP contribution in [0.3, 0.4) is 0 Å². The molecule has 1 aliphatic carbocycles. The summed E-state index contributed by atoms with van der Waals surface area (Å²) in [7, 11) is 1.54. The minimum absolute atomic E-state index is 0.344. The van der Waals surface area contributed by atoms with Gasteiger partial charge in [0.05, 0.1) is 28.8 Å². The molecule has 0 unspecified atom stereocenters. The molecule has 2 heterocycles. The minimum atomic E-state index is -0.427. The van der Waals surface area contributed by atoms with Crippen molar-refractivity contribution in [3.8, 4) is 5.75 Å². The number of thiazole rings is 1. The number of carbonyl (C=O) groups excluding carboxylic acids is 1. The van der Waals surface area contributed by atoms with Gasteiger partial charge in [-0.15, -0.1) is 0 Å². The normalized spacial score (nSPS) is 20.4. The van der Waals surface area contributed by atoms with Crippen LogP contribution < -0.4 is 9.54 Å². The van der Waals surface area contributed by atoms with Crippen LogP contribution in [0.2, 0.25) is 5.02 Å². The Morgan fingerprint density at radius 3 is 2.66 bits per heavy atom. The second-order valence-corrected chi connectivity index (χ2v) is 10.3. The zero-order chi connectivity index (χ0) is 21.0. The predicted molar refractivity (Wildman–Crippen MR) is 115 cm³/mol. The van der Waals surface area contributed by atoms with Crippen molar-refractivity contribution in [3.63, 3.8) is 0 Å². The van der Waals surface area contributed by atoms with Gasteiger partial charge in [-0.1, -0.05) is 29.4 Å². The second kappa shape index (κ2) is 7.25. The van der Waals surface area contributed by atoms with Crippen molar-refractivity contribution in [3.05, 3.63) is 44.2 Å². The largest absolute Gasteiger partial charge is 0.496 e. The molecule has 0 saturated heterocycles. The number of hydrogen-bond acceptors (Lipinski definition) is 4. The molecule has 2 aromatic rings. The number of aromatic nitrogens is 1. The van der Waals surface area contributed by atoms with Crippen molar-refractivity contribution in [1.82, 2.24) is 4.57 Å². The smallest absolute Gasteiger partial charge is 0.283 e. The first kappa shape index (κ1) is 20.6. The second-order valence-electron chi connectivity index (χ2n) is 8.85. The van der Waals surface area contributed by atoms with E-state index in [-0.39, 0.29) is 5.91 Å². The van der Waals surface area contributed by atoms with Crippen molar-refractivity contribution in [2.45, 2.75) is 64.7 Å². The maximum atomic E-state index is 13.1. The summed E-state index contributed by atoms with van der Waals surface area (Å²) in [5.41, 5.74) is 0.682. The van der Waals surface area contributed by atoms with Crippen LogP contribution in [0.25, 0.3) is 0 Å². The van der Waals surface area contributed by atoms with Crippen molar-refractivity contribution >= 4 is 28.8 Å². The molecule has 1 fully saturated rings. The molecule has 1 aliphatic heterocycles. The fraction of sp³-hybridized carbons (Fsp3) is 0.545. The van der Waals surface area contributed by atoms with Crippen molar-refractivity contribution in [1.29, 1.82) is 0 Å². The van der Waals surface area contributed by atoms with E-state index in [0.717, 1.165) is 21.9 Å². The Morgan fingerprint density at radius 1 is 1.31 bits per heavy atom. The van der Waals surface area contributed by atoms with Gasteiger partial charge in [0.15, 0.2) is 4.80 Å². The highest BCUT2D eigenvalue weighted by atomic mass is 35.5. The molecule has 7 heteroatoms. The zero-order valence-electron chi connectivity index (χ0n) is 17.5. The lowest BCUT2D eigenvalue weighted by Gasteiger charge is -2.29. The number of carbonyl (C=O) groups is 1. The first-order valence-corrected chi connectivity index (χ1v) is 11.2. The van der Waals surface area contributed by atoms with Crippen molar-refractivity contribution in [2.75, 3.05) is 7.11 Å². The third-order valence-corrected chi connectivity index (χ3v) is 7.41. The number of rotatable bonds is 4. The Balaban J connectivity index is 1.86. The number of ether oxygens (including phenoxy) is 2. The third kappa shape index (κ3) is 3.66. The SMILES string of the molecule is COc1ccc(Cl)cc1C(=O)N=c1sc2c(n1CC1CCC1)C(C)(C)OC2(C)C. The topological polar surface area (TPSA) is 52.8 Å². The van der Waals surface area contributed by atoms with E-state index in [1.807, 2.05) is 0 Å². The van der Waals surface area contributed by atoms with Gasteiger partial charge >= 0.3 is 0 Å². The Morgan fingerprint density at radius 2 is 2.03 bits per heavy atom. The molecule has 0 bridgehead atoms. The number of amides is 1. The molecular weight excluding hydrogens is 408 g/mol. The molecule has 0 atom stereocenters. The van der Waals surface area contributed by atoms with Crippen LogP contribution in [0.5, 0.6) is 5.75 Å². The Bertz CT molecular complexity index is 1030. The Hall–Kier alpha value is -1.63. The highest BCUT2D eigenvalue weighted by Gasteiger charge is 2.47. The highest BCUT2D eigenvalue weighted by molar-refractivity contribution is 7.09. The molecule has 4 rings (SSSR count). The van der Waals surface area contributed by atoms with Gasteiger partial charge in [0.25, 0.3) is 5.91 Å². The van der Waals surface area contributed by atoms with Gasteiger partial charge in [0.2, 0.25) is 0 Å². The van der Waals surface area contributed by atoms with Gasteiger partial charge in [-0.3, -0.25) is 4.79 Å². The Labute approximate surface area is 180 Å². The average Bonchev–Trinajstić information content (AvgIpc) is 3.04. The molecular formula is C22H27ClN2O3S. The predicted octanol–water partition coefficient (Wildman–Crippen LogP) is 5.25. The van der Waals surface area contributed by atoms with Crippen LogP contribution in [-0.4, -0.2) is 17.6 Å². The maximum absolute atomic E-state index is 13.1. The summed E-state index contributed by atoms with van der Waals surface area (Å²) in [5, 5.41) is 0.482. The summed E-state index contributed by atoms with van der Waals surface area (Å²) in [4.78, 5) is 19.5. The summed E-state index contributed by atoms with van der Waals surface area (Å²) in [5.74, 6) is 0.757. The van der Waals surface area contributed by atoms with Crippen LogP contribution in [0, 0.1) is 5.92 Å². The van der Waals surface area contributed by atoms with Gasteiger partial charge in [-0.05, 0) is 64.7 Å². The van der Waals surface area contributed by atoms with Gasteiger partial charge < -0.3 is 14.0 Å². The van der Waals surface area contributed by atoms with E-state index in [2.05, 4.69) is 37.3 Å². The van der Waals surface area contributed by atoms with E-state index in [0.29, 0.717) is 22.3 Å². The number of methoxy groups -OCH3 is 1. The first-order valence-electron chi connectivity index (χ1n) is 10.00. The number of benzene rings is 1. The Kier molecular flexibility index (Phi) is 5.16. The number of halogens is 1. The number of fused-ring (bicyclic) bond motifs is 1. The van der Waals surface area contributed by atoms with E-state index in [1.165, 1.54) is 19.3 Å². The van der Waals surface area contributed by atoms with E-state index in [4.69, 9.17) is 21.1 Å². The first-order chi connectivity index (χ1) is 13.6. The molecule has 156 valence electrons. The summed E-state index contributed by atoms with van der Waals surface area (Å²) < 4.78 is 13.9. The van der Waals surface area contributed by atoms with E-state index in [9.17, 15) is 4.79 Å². The van der Waals surface area contributed by atoms with E-state index in [1.54, 1.807) is 36.6 Å². The average molecular weight is 435 g/mol. The third-order valence-electron chi connectivity index (χ3n) is 5.79. The summed E-state index contributed by atoms with van der Waals surface area (Å²) in [6.07, 6.45) is 3.71. The quantitative estimate of drug-likeness (QED) is 0.660.